The fourth-order valence-electron chi connectivity index (χ4n) is 2.73. The maximum atomic E-state index is 10.7. The van der Waals surface area contributed by atoms with Crippen LogP contribution < -0.4 is 0 Å². The van der Waals surface area contributed by atoms with Crippen LogP contribution in [0.2, 0.25) is 5.02 Å². The monoisotopic (exact) mass is 300 g/mol. The molecule has 0 saturated carbocycles. The second-order valence-corrected chi connectivity index (χ2v) is 5.58. The van der Waals surface area contributed by atoms with E-state index in [4.69, 9.17) is 16.0 Å². The number of hydrogen-bond acceptors (Lipinski definition) is 2. The summed E-state index contributed by atoms with van der Waals surface area (Å²) >= 11 is 6.13. The number of benzene rings is 2. The molecule has 0 spiro atoms. The van der Waals surface area contributed by atoms with Gasteiger partial charge < -0.3 is 9.52 Å². The summed E-state index contributed by atoms with van der Waals surface area (Å²) in [6.07, 6.45) is 0.150. The van der Waals surface area contributed by atoms with Gasteiger partial charge in [0.1, 0.15) is 11.9 Å². The van der Waals surface area contributed by atoms with Crippen LogP contribution in [0.1, 0.15) is 36.7 Å². The van der Waals surface area contributed by atoms with E-state index in [0.717, 1.165) is 17.4 Å². The van der Waals surface area contributed by atoms with Crippen molar-refractivity contribution in [2.45, 2.75) is 25.4 Å². The maximum absolute atomic E-state index is 10.7. The highest BCUT2D eigenvalue weighted by atomic mass is 35.5. The van der Waals surface area contributed by atoms with Crippen LogP contribution in [0.5, 0.6) is 0 Å². The summed E-state index contributed by atoms with van der Waals surface area (Å²) < 4.78 is 5.78. The molecular weight excluding hydrogens is 284 g/mol. The van der Waals surface area contributed by atoms with Crippen molar-refractivity contribution >= 4 is 22.6 Å². The molecule has 0 bridgehead atoms. The normalized spacial score (nSPS) is 14.2. The lowest BCUT2D eigenvalue weighted by Gasteiger charge is -2.20. The van der Waals surface area contributed by atoms with Crippen molar-refractivity contribution in [1.82, 2.24) is 0 Å². The number of aliphatic hydroxyl groups is 1. The second-order valence-electron chi connectivity index (χ2n) is 5.18. The average Bonchev–Trinajstić information content (AvgIpc) is 2.95. The molecule has 2 unspecified atom stereocenters. The van der Waals surface area contributed by atoms with E-state index in [1.54, 1.807) is 6.07 Å². The summed E-state index contributed by atoms with van der Waals surface area (Å²) in [5.74, 6) is 0.569. The fraction of sp³-hybridized carbons (Fsp3) is 0.222. The molecular formula is C18H17ClO2. The van der Waals surface area contributed by atoms with E-state index in [2.05, 4.69) is 6.92 Å². The molecule has 1 aromatic heterocycles. The predicted molar refractivity (Wildman–Crippen MR) is 85.7 cm³/mol. The molecule has 2 nitrogen and oxygen atoms in total. The van der Waals surface area contributed by atoms with Gasteiger partial charge in [-0.3, -0.25) is 0 Å². The van der Waals surface area contributed by atoms with Gasteiger partial charge in [0, 0.05) is 11.3 Å². The van der Waals surface area contributed by atoms with Gasteiger partial charge in [0.15, 0.2) is 5.58 Å². The molecule has 0 aliphatic heterocycles. The number of rotatable bonds is 4. The highest BCUT2D eigenvalue weighted by molar-refractivity contribution is 6.34. The van der Waals surface area contributed by atoms with Crippen LogP contribution >= 0.6 is 11.6 Å². The van der Waals surface area contributed by atoms with Crippen molar-refractivity contribution in [1.29, 1.82) is 0 Å². The Kier molecular flexibility index (Phi) is 4.00. The minimum atomic E-state index is -0.680. The number of para-hydroxylation sites is 1. The molecule has 1 N–H and O–H groups in total. The number of halogens is 1. The van der Waals surface area contributed by atoms with Crippen LogP contribution in [0.15, 0.2) is 59.0 Å². The van der Waals surface area contributed by atoms with E-state index in [-0.39, 0.29) is 5.92 Å². The van der Waals surface area contributed by atoms with Gasteiger partial charge in [-0.1, -0.05) is 61.0 Å². The molecule has 2 atom stereocenters. The lowest BCUT2D eigenvalue weighted by atomic mass is 9.90. The van der Waals surface area contributed by atoms with Gasteiger partial charge in [-0.15, -0.1) is 0 Å². The van der Waals surface area contributed by atoms with Crippen molar-refractivity contribution in [2.24, 2.45) is 0 Å². The summed E-state index contributed by atoms with van der Waals surface area (Å²) in [5.41, 5.74) is 1.75. The minimum Gasteiger partial charge on any atom is -0.457 e. The van der Waals surface area contributed by atoms with Crippen molar-refractivity contribution in [3.8, 4) is 0 Å². The summed E-state index contributed by atoms with van der Waals surface area (Å²) in [4.78, 5) is 0. The van der Waals surface area contributed by atoms with Crippen LogP contribution in [0, 0.1) is 0 Å². The second kappa shape index (κ2) is 5.92. The Morgan fingerprint density at radius 1 is 1.10 bits per heavy atom. The van der Waals surface area contributed by atoms with E-state index in [1.165, 1.54) is 0 Å². The van der Waals surface area contributed by atoms with Crippen molar-refractivity contribution in [2.75, 3.05) is 0 Å². The third-order valence-corrected chi connectivity index (χ3v) is 4.15. The summed E-state index contributed by atoms with van der Waals surface area (Å²) in [5, 5.41) is 12.2. The summed E-state index contributed by atoms with van der Waals surface area (Å²) in [6, 6.07) is 17.5. The van der Waals surface area contributed by atoms with Crippen LogP contribution in [-0.4, -0.2) is 5.11 Å². The number of furan rings is 1. The molecule has 1 heterocycles. The maximum Gasteiger partial charge on any atom is 0.152 e. The van der Waals surface area contributed by atoms with Gasteiger partial charge in [-0.2, -0.15) is 0 Å². The lowest BCUT2D eigenvalue weighted by Crippen LogP contribution is -2.09. The molecule has 2 aromatic carbocycles. The summed E-state index contributed by atoms with van der Waals surface area (Å²) in [6.45, 7) is 2.07. The van der Waals surface area contributed by atoms with Crippen LogP contribution in [0.3, 0.4) is 0 Å². The Hall–Kier alpha value is -1.77. The Balaban J connectivity index is 1.99. The Labute approximate surface area is 129 Å². The van der Waals surface area contributed by atoms with Gasteiger partial charge in [-0.05, 0) is 24.1 Å². The van der Waals surface area contributed by atoms with Crippen molar-refractivity contribution in [3.63, 3.8) is 0 Å². The first-order valence-electron chi connectivity index (χ1n) is 7.11. The highest BCUT2D eigenvalue weighted by Gasteiger charge is 2.24. The van der Waals surface area contributed by atoms with Crippen molar-refractivity contribution < 1.29 is 9.52 Å². The van der Waals surface area contributed by atoms with E-state index in [0.29, 0.717) is 16.4 Å². The van der Waals surface area contributed by atoms with Crippen LogP contribution in [0.4, 0.5) is 0 Å². The summed E-state index contributed by atoms with van der Waals surface area (Å²) in [7, 11) is 0. The molecule has 0 aliphatic rings. The zero-order valence-electron chi connectivity index (χ0n) is 11.8. The average molecular weight is 301 g/mol. The standard InChI is InChI=1S/C18H17ClO2/c1-2-14(12-7-4-3-5-8-12)17(20)16-11-13-9-6-10-15(19)18(13)21-16/h3-11,14,17,20H,2H2,1H3. The first kappa shape index (κ1) is 14.2. The SMILES string of the molecule is CCC(c1ccccc1)C(O)c1cc2cccc(Cl)c2o1. The van der Waals surface area contributed by atoms with E-state index < -0.39 is 6.10 Å². The molecule has 0 radical (unpaired) electrons. The lowest BCUT2D eigenvalue weighted by molar-refractivity contribution is 0.119. The van der Waals surface area contributed by atoms with Gasteiger partial charge in [0.25, 0.3) is 0 Å². The Bertz CT molecular complexity index is 733. The van der Waals surface area contributed by atoms with Crippen molar-refractivity contribution in [3.05, 3.63) is 70.9 Å². The van der Waals surface area contributed by atoms with E-state index in [1.807, 2.05) is 48.5 Å². The Morgan fingerprint density at radius 2 is 1.86 bits per heavy atom. The minimum absolute atomic E-state index is 0.00513. The molecule has 108 valence electrons. The van der Waals surface area contributed by atoms with E-state index in [9.17, 15) is 5.11 Å². The van der Waals surface area contributed by atoms with Gasteiger partial charge >= 0.3 is 0 Å². The quantitative estimate of drug-likeness (QED) is 0.708. The number of aliphatic hydroxyl groups excluding tert-OH is 1. The molecule has 0 saturated heterocycles. The van der Waals surface area contributed by atoms with Gasteiger partial charge in [0.05, 0.1) is 5.02 Å². The topological polar surface area (TPSA) is 33.4 Å². The molecule has 3 aromatic rings. The third kappa shape index (κ3) is 2.69. The first-order valence-corrected chi connectivity index (χ1v) is 7.49. The van der Waals surface area contributed by atoms with Crippen LogP contribution in [-0.2, 0) is 0 Å². The van der Waals surface area contributed by atoms with Gasteiger partial charge in [0.2, 0.25) is 0 Å². The first-order chi connectivity index (χ1) is 10.2. The molecule has 21 heavy (non-hydrogen) atoms. The smallest absolute Gasteiger partial charge is 0.152 e. The zero-order chi connectivity index (χ0) is 14.8. The number of fused-ring (bicyclic) bond motifs is 1. The molecule has 3 rings (SSSR count). The number of hydrogen-bond donors (Lipinski definition) is 1. The highest BCUT2D eigenvalue weighted by Crippen LogP contribution is 2.37. The fourth-order valence-corrected chi connectivity index (χ4v) is 2.95. The largest absolute Gasteiger partial charge is 0.457 e. The van der Waals surface area contributed by atoms with Gasteiger partial charge in [-0.25, -0.2) is 0 Å². The third-order valence-electron chi connectivity index (χ3n) is 3.86. The van der Waals surface area contributed by atoms with Crippen LogP contribution in [0.25, 0.3) is 11.0 Å². The molecule has 0 amide bonds. The molecule has 3 heteroatoms. The molecule has 0 fully saturated rings. The predicted octanol–water partition coefficient (Wildman–Crippen LogP) is 5.31. The van der Waals surface area contributed by atoms with E-state index >= 15 is 0 Å². The zero-order valence-corrected chi connectivity index (χ0v) is 12.5. The Morgan fingerprint density at radius 3 is 2.52 bits per heavy atom. The molecule has 0 aliphatic carbocycles.